The molecule has 1 aliphatic heterocycles. The number of amides is 2. The molecule has 100 valence electrons. The molecule has 1 heterocycles. The molecular weight excluding hydrogens is 258 g/mol. The minimum absolute atomic E-state index is 0.00736. The molecule has 19 heavy (non-hydrogen) atoms. The predicted molar refractivity (Wildman–Crippen MR) is 76.2 cm³/mol. The van der Waals surface area contributed by atoms with Gasteiger partial charge in [-0.2, -0.15) is 0 Å². The van der Waals surface area contributed by atoms with Gasteiger partial charge in [0.25, 0.3) is 0 Å². The minimum atomic E-state index is -0.0702. The number of fused-ring (bicyclic) bond motifs is 1. The van der Waals surface area contributed by atoms with Crippen molar-refractivity contribution >= 4 is 29.3 Å². The zero-order chi connectivity index (χ0) is 13.4. The summed E-state index contributed by atoms with van der Waals surface area (Å²) < 4.78 is 0. The van der Waals surface area contributed by atoms with Gasteiger partial charge < -0.3 is 0 Å². The highest BCUT2D eigenvalue weighted by molar-refractivity contribution is 7.98. The van der Waals surface area contributed by atoms with Gasteiger partial charge in [-0.25, -0.2) is 0 Å². The number of benzene rings is 1. The standard InChI is InChI=1S/C15H17NO2S/c1-19-11-6-4-5-10(9-11)16-14(17)12-7-2-3-8-13(12)15(16)18/h4-6,9,12-13H,2-3,7-8H2,1H3/t12-,13-/m1/s1. The van der Waals surface area contributed by atoms with Crippen molar-refractivity contribution in [2.75, 3.05) is 11.2 Å². The summed E-state index contributed by atoms with van der Waals surface area (Å²) in [5, 5.41) is 0. The summed E-state index contributed by atoms with van der Waals surface area (Å²) in [6.07, 6.45) is 5.87. The van der Waals surface area contributed by atoms with Crippen molar-refractivity contribution in [1.82, 2.24) is 0 Å². The van der Waals surface area contributed by atoms with Crippen LogP contribution >= 0.6 is 11.8 Å². The minimum Gasteiger partial charge on any atom is -0.274 e. The smallest absolute Gasteiger partial charge is 0.237 e. The first-order valence-electron chi connectivity index (χ1n) is 6.74. The maximum Gasteiger partial charge on any atom is 0.237 e. The second-order valence-electron chi connectivity index (χ2n) is 5.21. The lowest BCUT2D eigenvalue weighted by atomic mass is 9.81. The fourth-order valence-corrected chi connectivity index (χ4v) is 3.62. The Kier molecular flexibility index (Phi) is 3.35. The maximum absolute atomic E-state index is 12.4. The molecule has 1 aromatic carbocycles. The zero-order valence-corrected chi connectivity index (χ0v) is 11.8. The molecule has 0 spiro atoms. The highest BCUT2D eigenvalue weighted by atomic mass is 32.2. The summed E-state index contributed by atoms with van der Waals surface area (Å²) in [5.74, 6) is -0.126. The van der Waals surface area contributed by atoms with Crippen molar-refractivity contribution in [2.45, 2.75) is 30.6 Å². The van der Waals surface area contributed by atoms with E-state index < -0.39 is 0 Å². The third kappa shape index (κ3) is 2.08. The summed E-state index contributed by atoms with van der Waals surface area (Å²) in [6, 6.07) is 7.68. The molecule has 3 rings (SSSR count). The summed E-state index contributed by atoms with van der Waals surface area (Å²) >= 11 is 1.62. The Morgan fingerprint density at radius 2 is 1.74 bits per heavy atom. The summed E-state index contributed by atoms with van der Waals surface area (Å²) in [6.45, 7) is 0. The van der Waals surface area contributed by atoms with Gasteiger partial charge in [-0.05, 0) is 37.3 Å². The fraction of sp³-hybridized carbons (Fsp3) is 0.467. The van der Waals surface area contributed by atoms with Gasteiger partial charge in [0.1, 0.15) is 0 Å². The van der Waals surface area contributed by atoms with Gasteiger partial charge >= 0.3 is 0 Å². The van der Waals surface area contributed by atoms with Gasteiger partial charge in [-0.1, -0.05) is 18.9 Å². The molecule has 0 aromatic heterocycles. The van der Waals surface area contributed by atoms with Crippen LogP contribution in [0.25, 0.3) is 0 Å². The van der Waals surface area contributed by atoms with E-state index in [0.717, 1.165) is 36.3 Å². The number of anilines is 1. The quantitative estimate of drug-likeness (QED) is 0.615. The van der Waals surface area contributed by atoms with E-state index in [1.165, 1.54) is 4.90 Å². The first-order chi connectivity index (χ1) is 9.22. The van der Waals surface area contributed by atoms with E-state index in [1.807, 2.05) is 30.5 Å². The number of carbonyl (C=O) groups excluding carboxylic acids is 2. The molecule has 4 heteroatoms. The van der Waals surface area contributed by atoms with Gasteiger partial charge in [0.2, 0.25) is 11.8 Å². The first kappa shape index (κ1) is 12.7. The molecule has 0 radical (unpaired) electrons. The molecule has 1 saturated carbocycles. The highest BCUT2D eigenvalue weighted by Gasteiger charge is 2.48. The van der Waals surface area contributed by atoms with Gasteiger partial charge in [0, 0.05) is 4.90 Å². The molecule has 1 saturated heterocycles. The van der Waals surface area contributed by atoms with E-state index in [0.29, 0.717) is 0 Å². The average molecular weight is 275 g/mol. The van der Waals surface area contributed by atoms with Gasteiger partial charge in [0.05, 0.1) is 17.5 Å². The van der Waals surface area contributed by atoms with Crippen LogP contribution in [0, 0.1) is 11.8 Å². The number of nitrogens with zero attached hydrogens (tertiary/aromatic N) is 1. The Hall–Kier alpha value is -1.29. The number of hydrogen-bond donors (Lipinski definition) is 0. The Morgan fingerprint density at radius 3 is 2.32 bits per heavy atom. The third-order valence-electron chi connectivity index (χ3n) is 4.15. The van der Waals surface area contributed by atoms with E-state index in [1.54, 1.807) is 11.8 Å². The van der Waals surface area contributed by atoms with Crippen molar-refractivity contribution < 1.29 is 9.59 Å². The number of thioether (sulfide) groups is 1. The molecule has 3 nitrogen and oxygen atoms in total. The molecule has 1 aromatic rings. The maximum atomic E-state index is 12.4. The lowest BCUT2D eigenvalue weighted by molar-refractivity contribution is -0.122. The zero-order valence-electron chi connectivity index (χ0n) is 11.0. The van der Waals surface area contributed by atoms with Crippen LogP contribution in [0.15, 0.2) is 29.2 Å². The van der Waals surface area contributed by atoms with Crippen LogP contribution in [0.1, 0.15) is 25.7 Å². The molecule has 2 aliphatic rings. The van der Waals surface area contributed by atoms with Crippen molar-refractivity contribution in [3.8, 4) is 0 Å². The monoisotopic (exact) mass is 275 g/mol. The molecular formula is C15H17NO2S. The van der Waals surface area contributed by atoms with Crippen LogP contribution in [-0.4, -0.2) is 18.1 Å². The predicted octanol–water partition coefficient (Wildman–Crippen LogP) is 3.09. The van der Waals surface area contributed by atoms with E-state index in [-0.39, 0.29) is 23.7 Å². The van der Waals surface area contributed by atoms with Crippen LogP contribution in [0.3, 0.4) is 0 Å². The van der Waals surface area contributed by atoms with Gasteiger partial charge in [0.15, 0.2) is 0 Å². The van der Waals surface area contributed by atoms with Crippen LogP contribution in [-0.2, 0) is 9.59 Å². The van der Waals surface area contributed by atoms with E-state index >= 15 is 0 Å². The van der Waals surface area contributed by atoms with E-state index in [9.17, 15) is 9.59 Å². The van der Waals surface area contributed by atoms with Crippen LogP contribution in [0.2, 0.25) is 0 Å². The van der Waals surface area contributed by atoms with Crippen molar-refractivity contribution in [1.29, 1.82) is 0 Å². The van der Waals surface area contributed by atoms with Crippen LogP contribution in [0.4, 0.5) is 5.69 Å². The van der Waals surface area contributed by atoms with E-state index in [2.05, 4.69) is 0 Å². The first-order valence-corrected chi connectivity index (χ1v) is 7.96. The normalized spacial score (nSPS) is 26.7. The van der Waals surface area contributed by atoms with E-state index in [4.69, 9.17) is 0 Å². The second kappa shape index (κ2) is 5.00. The number of rotatable bonds is 2. The largest absolute Gasteiger partial charge is 0.274 e. The second-order valence-corrected chi connectivity index (χ2v) is 6.09. The summed E-state index contributed by atoms with van der Waals surface area (Å²) in [7, 11) is 0. The topological polar surface area (TPSA) is 37.4 Å². The summed E-state index contributed by atoms with van der Waals surface area (Å²) in [5.41, 5.74) is 0.733. The van der Waals surface area contributed by atoms with Crippen molar-refractivity contribution in [3.05, 3.63) is 24.3 Å². The van der Waals surface area contributed by atoms with Gasteiger partial charge in [-0.15, -0.1) is 11.8 Å². The third-order valence-corrected chi connectivity index (χ3v) is 4.88. The summed E-state index contributed by atoms with van der Waals surface area (Å²) in [4.78, 5) is 27.4. The van der Waals surface area contributed by atoms with Crippen LogP contribution < -0.4 is 4.90 Å². The highest BCUT2D eigenvalue weighted by Crippen LogP contribution is 2.40. The Morgan fingerprint density at radius 1 is 1.11 bits per heavy atom. The van der Waals surface area contributed by atoms with Crippen molar-refractivity contribution in [3.63, 3.8) is 0 Å². The lowest BCUT2D eigenvalue weighted by Gasteiger charge is -2.19. The average Bonchev–Trinajstić information content (AvgIpc) is 2.72. The lowest BCUT2D eigenvalue weighted by Crippen LogP contribution is -2.30. The Labute approximate surface area is 117 Å². The molecule has 2 atom stereocenters. The number of hydrogen-bond acceptors (Lipinski definition) is 3. The van der Waals surface area contributed by atoms with Crippen molar-refractivity contribution in [2.24, 2.45) is 11.8 Å². The fourth-order valence-electron chi connectivity index (χ4n) is 3.17. The Balaban J connectivity index is 1.95. The molecule has 0 N–H and O–H groups in total. The molecule has 2 fully saturated rings. The molecule has 0 bridgehead atoms. The molecule has 2 amide bonds. The van der Waals surface area contributed by atoms with Crippen LogP contribution in [0.5, 0.6) is 0 Å². The van der Waals surface area contributed by atoms with Gasteiger partial charge in [-0.3, -0.25) is 14.5 Å². The number of imide groups is 1. The molecule has 1 aliphatic carbocycles. The Bertz CT molecular complexity index is 505. The molecule has 0 unspecified atom stereocenters. The SMILES string of the molecule is CSc1cccc(N2C(=O)[C@@H]3CCCC[C@H]3C2=O)c1. The number of carbonyl (C=O) groups is 2.